The van der Waals surface area contributed by atoms with Gasteiger partial charge >= 0.3 is 0 Å². The molecule has 108 valence electrons. The lowest BCUT2D eigenvalue weighted by Gasteiger charge is -2.33. The molecule has 1 aromatic rings. The zero-order chi connectivity index (χ0) is 14.1. The van der Waals surface area contributed by atoms with Crippen molar-refractivity contribution in [2.75, 3.05) is 33.9 Å². The van der Waals surface area contributed by atoms with E-state index in [0.717, 1.165) is 38.3 Å². The van der Waals surface area contributed by atoms with E-state index in [2.05, 4.69) is 37.4 Å². The van der Waals surface area contributed by atoms with E-state index >= 15 is 0 Å². The highest BCUT2D eigenvalue weighted by atomic mass is 16.5. The van der Waals surface area contributed by atoms with Crippen LogP contribution in [0.1, 0.15) is 32.3 Å². The summed E-state index contributed by atoms with van der Waals surface area (Å²) in [6, 6.07) is 8.43. The SMILES string of the molecule is CCC(CC)(CNCCOC)c1cccc(OC)c1. The molecule has 0 aliphatic heterocycles. The fourth-order valence-electron chi connectivity index (χ4n) is 2.47. The fraction of sp³-hybridized carbons (Fsp3) is 0.625. The lowest BCUT2D eigenvalue weighted by atomic mass is 9.75. The first-order valence-electron chi connectivity index (χ1n) is 7.06. The molecule has 0 radical (unpaired) electrons. The molecule has 1 rings (SSSR count). The number of benzene rings is 1. The molecule has 0 fully saturated rings. The van der Waals surface area contributed by atoms with E-state index in [1.165, 1.54) is 5.56 Å². The Bertz CT molecular complexity index is 362. The van der Waals surface area contributed by atoms with Gasteiger partial charge in [-0.15, -0.1) is 0 Å². The Labute approximate surface area is 117 Å². The standard InChI is InChI=1S/C16H27NO2/c1-5-16(6-2,13-17-10-11-18-3)14-8-7-9-15(12-14)19-4/h7-9,12,17H,5-6,10-11,13H2,1-4H3. The van der Waals surface area contributed by atoms with Gasteiger partial charge in [0, 0.05) is 25.6 Å². The first-order valence-corrected chi connectivity index (χ1v) is 7.06. The summed E-state index contributed by atoms with van der Waals surface area (Å²) in [5.41, 5.74) is 1.52. The summed E-state index contributed by atoms with van der Waals surface area (Å²) in [4.78, 5) is 0. The molecular weight excluding hydrogens is 238 g/mol. The topological polar surface area (TPSA) is 30.5 Å². The van der Waals surface area contributed by atoms with Crippen molar-refractivity contribution in [1.29, 1.82) is 0 Å². The summed E-state index contributed by atoms with van der Waals surface area (Å²) in [5.74, 6) is 0.931. The molecule has 0 heterocycles. The van der Waals surface area contributed by atoms with Gasteiger partial charge in [-0.3, -0.25) is 0 Å². The van der Waals surface area contributed by atoms with E-state index in [-0.39, 0.29) is 5.41 Å². The quantitative estimate of drug-likeness (QED) is 0.696. The van der Waals surface area contributed by atoms with Crippen molar-refractivity contribution in [1.82, 2.24) is 5.32 Å². The van der Waals surface area contributed by atoms with Crippen molar-refractivity contribution in [2.24, 2.45) is 0 Å². The Kier molecular flexibility index (Phi) is 6.89. The third-order valence-electron chi connectivity index (χ3n) is 3.98. The van der Waals surface area contributed by atoms with Crippen molar-refractivity contribution < 1.29 is 9.47 Å². The Hall–Kier alpha value is -1.06. The van der Waals surface area contributed by atoms with E-state index in [4.69, 9.17) is 9.47 Å². The molecule has 3 nitrogen and oxygen atoms in total. The number of nitrogens with one attached hydrogen (secondary N) is 1. The maximum Gasteiger partial charge on any atom is 0.119 e. The summed E-state index contributed by atoms with van der Waals surface area (Å²) in [5, 5.41) is 3.50. The Balaban J connectivity index is 2.83. The van der Waals surface area contributed by atoms with Crippen LogP contribution >= 0.6 is 0 Å². The van der Waals surface area contributed by atoms with Gasteiger partial charge < -0.3 is 14.8 Å². The van der Waals surface area contributed by atoms with Gasteiger partial charge in [-0.2, -0.15) is 0 Å². The lowest BCUT2D eigenvalue weighted by Crippen LogP contribution is -2.38. The molecule has 0 spiro atoms. The summed E-state index contributed by atoms with van der Waals surface area (Å²) < 4.78 is 10.4. The van der Waals surface area contributed by atoms with Crippen molar-refractivity contribution in [3.05, 3.63) is 29.8 Å². The molecule has 1 N–H and O–H groups in total. The number of ether oxygens (including phenoxy) is 2. The van der Waals surface area contributed by atoms with Gasteiger partial charge in [0.05, 0.1) is 13.7 Å². The molecule has 0 atom stereocenters. The molecule has 1 aromatic carbocycles. The largest absolute Gasteiger partial charge is 0.497 e. The third-order valence-corrected chi connectivity index (χ3v) is 3.98. The first kappa shape index (κ1) is 16.0. The monoisotopic (exact) mass is 265 g/mol. The zero-order valence-electron chi connectivity index (χ0n) is 12.7. The second kappa shape index (κ2) is 8.18. The van der Waals surface area contributed by atoms with Crippen molar-refractivity contribution >= 4 is 0 Å². The normalized spacial score (nSPS) is 11.6. The number of hydrogen-bond acceptors (Lipinski definition) is 3. The number of methoxy groups -OCH3 is 2. The van der Waals surface area contributed by atoms with Crippen molar-refractivity contribution in [2.45, 2.75) is 32.1 Å². The fourth-order valence-corrected chi connectivity index (χ4v) is 2.47. The van der Waals surface area contributed by atoms with Gasteiger partial charge in [-0.1, -0.05) is 26.0 Å². The van der Waals surface area contributed by atoms with Crippen LogP contribution in [-0.4, -0.2) is 33.9 Å². The molecule has 0 bridgehead atoms. The van der Waals surface area contributed by atoms with Crippen LogP contribution in [0.2, 0.25) is 0 Å². The van der Waals surface area contributed by atoms with Gasteiger partial charge in [-0.25, -0.2) is 0 Å². The molecule has 0 aliphatic rings. The number of rotatable bonds is 9. The van der Waals surface area contributed by atoms with E-state index in [0.29, 0.717) is 0 Å². The molecular formula is C16H27NO2. The van der Waals surface area contributed by atoms with Crippen molar-refractivity contribution in [3.63, 3.8) is 0 Å². The zero-order valence-corrected chi connectivity index (χ0v) is 12.7. The van der Waals surface area contributed by atoms with Crippen LogP contribution in [0.5, 0.6) is 5.75 Å². The first-order chi connectivity index (χ1) is 9.22. The average Bonchev–Trinajstić information content (AvgIpc) is 2.48. The van der Waals surface area contributed by atoms with Crippen LogP contribution < -0.4 is 10.1 Å². The highest BCUT2D eigenvalue weighted by molar-refractivity contribution is 5.34. The van der Waals surface area contributed by atoms with Gasteiger partial charge in [-0.05, 0) is 30.5 Å². The average molecular weight is 265 g/mol. The minimum absolute atomic E-state index is 0.169. The smallest absolute Gasteiger partial charge is 0.119 e. The van der Waals surface area contributed by atoms with E-state index in [9.17, 15) is 0 Å². The minimum Gasteiger partial charge on any atom is -0.497 e. The molecule has 0 saturated heterocycles. The van der Waals surface area contributed by atoms with Crippen LogP contribution in [0.4, 0.5) is 0 Å². The molecule has 0 unspecified atom stereocenters. The Morgan fingerprint density at radius 3 is 2.47 bits per heavy atom. The summed E-state index contributed by atoms with van der Waals surface area (Å²) in [7, 11) is 3.45. The summed E-state index contributed by atoms with van der Waals surface area (Å²) in [6.45, 7) is 7.11. The highest BCUT2D eigenvalue weighted by Gasteiger charge is 2.28. The maximum absolute atomic E-state index is 5.34. The highest BCUT2D eigenvalue weighted by Crippen LogP contribution is 2.32. The minimum atomic E-state index is 0.169. The third kappa shape index (κ3) is 4.22. The predicted octanol–water partition coefficient (Wildman–Crippen LogP) is 2.99. The molecule has 0 aromatic heterocycles. The van der Waals surface area contributed by atoms with E-state index in [1.807, 2.05) is 6.07 Å². The number of hydrogen-bond donors (Lipinski definition) is 1. The van der Waals surface area contributed by atoms with Crippen LogP contribution in [0.3, 0.4) is 0 Å². The molecule has 0 saturated carbocycles. The van der Waals surface area contributed by atoms with Gasteiger partial charge in [0.15, 0.2) is 0 Å². The summed E-state index contributed by atoms with van der Waals surface area (Å²) in [6.07, 6.45) is 2.22. The van der Waals surface area contributed by atoms with E-state index < -0.39 is 0 Å². The second-order valence-electron chi connectivity index (χ2n) is 4.89. The van der Waals surface area contributed by atoms with Gasteiger partial charge in [0.1, 0.15) is 5.75 Å². The van der Waals surface area contributed by atoms with Crippen LogP contribution in [0.15, 0.2) is 24.3 Å². The molecule has 3 heteroatoms. The van der Waals surface area contributed by atoms with E-state index in [1.54, 1.807) is 14.2 Å². The second-order valence-corrected chi connectivity index (χ2v) is 4.89. The predicted molar refractivity (Wildman–Crippen MR) is 80.0 cm³/mol. The van der Waals surface area contributed by atoms with Gasteiger partial charge in [0.25, 0.3) is 0 Å². The van der Waals surface area contributed by atoms with Crippen molar-refractivity contribution in [3.8, 4) is 5.75 Å². The van der Waals surface area contributed by atoms with Crippen LogP contribution in [-0.2, 0) is 10.2 Å². The summed E-state index contributed by atoms with van der Waals surface area (Å²) >= 11 is 0. The molecule has 0 aliphatic carbocycles. The molecule has 0 amide bonds. The lowest BCUT2D eigenvalue weighted by molar-refractivity contribution is 0.195. The van der Waals surface area contributed by atoms with Gasteiger partial charge in [0.2, 0.25) is 0 Å². The Morgan fingerprint density at radius 2 is 1.89 bits per heavy atom. The maximum atomic E-state index is 5.34. The Morgan fingerprint density at radius 1 is 1.16 bits per heavy atom. The molecule has 19 heavy (non-hydrogen) atoms. The van der Waals surface area contributed by atoms with Crippen LogP contribution in [0.25, 0.3) is 0 Å². The van der Waals surface area contributed by atoms with Crippen LogP contribution in [0, 0.1) is 0 Å².